The monoisotopic (exact) mass is 384 g/mol. The Morgan fingerprint density at radius 1 is 1.27 bits per heavy atom. The Balaban J connectivity index is 1.73. The minimum Gasteiger partial charge on any atom is -0.379 e. The van der Waals surface area contributed by atoms with Gasteiger partial charge in [-0.15, -0.1) is 0 Å². The van der Waals surface area contributed by atoms with Gasteiger partial charge in [-0.1, -0.05) is 13.8 Å². The van der Waals surface area contributed by atoms with Crippen molar-refractivity contribution in [2.75, 3.05) is 39.4 Å². The van der Waals surface area contributed by atoms with Crippen molar-refractivity contribution in [3.05, 3.63) is 17.5 Å². The summed E-state index contributed by atoms with van der Waals surface area (Å²) < 4.78 is 34.3. The molecule has 1 aromatic rings. The van der Waals surface area contributed by atoms with E-state index < -0.39 is 15.3 Å². The fourth-order valence-electron chi connectivity index (χ4n) is 3.67. The van der Waals surface area contributed by atoms with Gasteiger partial charge in [0.2, 0.25) is 10.0 Å². The van der Waals surface area contributed by atoms with Crippen LogP contribution in [0.3, 0.4) is 0 Å². The highest BCUT2D eigenvalue weighted by molar-refractivity contribution is 7.89. The molecule has 0 saturated carbocycles. The van der Waals surface area contributed by atoms with Crippen LogP contribution in [0.2, 0.25) is 0 Å². The minimum atomic E-state index is -3.42. The molecule has 1 unspecified atom stereocenters. The van der Waals surface area contributed by atoms with Crippen LogP contribution < -0.4 is 0 Å². The lowest BCUT2D eigenvalue weighted by Gasteiger charge is -2.36. The first-order chi connectivity index (χ1) is 12.3. The quantitative estimate of drug-likeness (QED) is 0.767. The zero-order chi connectivity index (χ0) is 18.9. The molecule has 0 bridgehead atoms. The first-order valence-corrected chi connectivity index (χ1v) is 10.7. The fraction of sp³-hybridized carbons (Fsp3) is 0.765. The second-order valence-corrected chi connectivity index (χ2v) is 9.52. The average Bonchev–Trinajstić information content (AvgIpc) is 3.04. The molecule has 0 spiro atoms. The fourth-order valence-corrected chi connectivity index (χ4v) is 5.58. The molecule has 2 aliphatic rings. The van der Waals surface area contributed by atoms with Crippen molar-refractivity contribution in [3.63, 3.8) is 0 Å². The standard InChI is InChI=1S/C17H28N4O4S/c1-13(2)16-11-15(18-19(16)3)17(22)20-6-4-5-14(12-20)26(23,24)21-7-9-25-10-8-21/h11,13-14H,4-10,12H2,1-3H3. The summed E-state index contributed by atoms with van der Waals surface area (Å²) in [6.07, 6.45) is 1.27. The van der Waals surface area contributed by atoms with Crippen molar-refractivity contribution in [2.24, 2.45) is 7.05 Å². The molecule has 0 N–H and O–H groups in total. The number of carbonyl (C=O) groups is 1. The molecular formula is C17H28N4O4S. The maximum atomic E-state index is 12.9. The first kappa shape index (κ1) is 19.3. The third kappa shape index (κ3) is 3.79. The molecular weight excluding hydrogens is 356 g/mol. The molecule has 3 heterocycles. The molecule has 1 aromatic heterocycles. The molecule has 8 nitrogen and oxygen atoms in total. The number of rotatable bonds is 4. The van der Waals surface area contributed by atoms with Crippen LogP contribution in [0.25, 0.3) is 0 Å². The molecule has 146 valence electrons. The van der Waals surface area contributed by atoms with Crippen LogP contribution in [0, 0.1) is 0 Å². The van der Waals surface area contributed by atoms with Crippen molar-refractivity contribution < 1.29 is 17.9 Å². The van der Waals surface area contributed by atoms with Gasteiger partial charge >= 0.3 is 0 Å². The summed E-state index contributed by atoms with van der Waals surface area (Å²) in [5, 5.41) is 3.78. The number of carbonyl (C=O) groups excluding carboxylic acids is 1. The number of aromatic nitrogens is 2. The Morgan fingerprint density at radius 2 is 1.96 bits per heavy atom. The lowest BCUT2D eigenvalue weighted by Crippen LogP contribution is -2.51. The van der Waals surface area contributed by atoms with Gasteiger partial charge in [0.15, 0.2) is 5.69 Å². The minimum absolute atomic E-state index is 0.186. The maximum Gasteiger partial charge on any atom is 0.274 e. The number of sulfonamides is 1. The Hall–Kier alpha value is -1.45. The summed E-state index contributed by atoms with van der Waals surface area (Å²) in [5.41, 5.74) is 1.38. The third-order valence-electron chi connectivity index (χ3n) is 5.14. The predicted octanol–water partition coefficient (Wildman–Crippen LogP) is 0.810. The zero-order valence-corrected chi connectivity index (χ0v) is 16.5. The summed E-state index contributed by atoms with van der Waals surface area (Å²) >= 11 is 0. The molecule has 2 saturated heterocycles. The van der Waals surface area contributed by atoms with E-state index in [4.69, 9.17) is 4.74 Å². The van der Waals surface area contributed by atoms with Crippen molar-refractivity contribution in [1.82, 2.24) is 19.0 Å². The summed E-state index contributed by atoms with van der Waals surface area (Å²) in [6.45, 7) is 6.55. The molecule has 2 aliphatic heterocycles. The smallest absolute Gasteiger partial charge is 0.274 e. The molecule has 26 heavy (non-hydrogen) atoms. The summed E-state index contributed by atoms with van der Waals surface area (Å²) in [4.78, 5) is 14.5. The van der Waals surface area contributed by atoms with E-state index in [1.54, 1.807) is 9.58 Å². The van der Waals surface area contributed by atoms with E-state index >= 15 is 0 Å². The Labute approximate surface area is 155 Å². The molecule has 1 amide bonds. The lowest BCUT2D eigenvalue weighted by molar-refractivity contribution is 0.0682. The van der Waals surface area contributed by atoms with Gasteiger partial charge in [-0.2, -0.15) is 9.40 Å². The number of ether oxygens (including phenoxy) is 1. The van der Waals surface area contributed by atoms with Crippen LogP contribution in [0.5, 0.6) is 0 Å². The molecule has 1 atom stereocenters. The van der Waals surface area contributed by atoms with Crippen molar-refractivity contribution >= 4 is 15.9 Å². The summed E-state index contributed by atoms with van der Waals surface area (Å²) in [7, 11) is -1.59. The largest absolute Gasteiger partial charge is 0.379 e. The number of amides is 1. The van der Waals surface area contributed by atoms with E-state index in [2.05, 4.69) is 18.9 Å². The van der Waals surface area contributed by atoms with Gasteiger partial charge in [0.1, 0.15) is 0 Å². The zero-order valence-electron chi connectivity index (χ0n) is 15.7. The van der Waals surface area contributed by atoms with E-state index in [9.17, 15) is 13.2 Å². The van der Waals surface area contributed by atoms with Gasteiger partial charge in [-0.3, -0.25) is 9.48 Å². The van der Waals surface area contributed by atoms with E-state index in [-0.39, 0.29) is 18.4 Å². The van der Waals surface area contributed by atoms with Gasteiger partial charge in [0, 0.05) is 38.9 Å². The number of likely N-dealkylation sites (tertiary alicyclic amines) is 1. The van der Waals surface area contributed by atoms with E-state index in [1.807, 2.05) is 13.1 Å². The number of hydrogen-bond acceptors (Lipinski definition) is 5. The van der Waals surface area contributed by atoms with Crippen LogP contribution in [-0.2, 0) is 21.8 Å². The number of morpholine rings is 1. The Morgan fingerprint density at radius 3 is 2.58 bits per heavy atom. The number of nitrogens with zero attached hydrogens (tertiary/aromatic N) is 4. The van der Waals surface area contributed by atoms with Gasteiger partial charge in [-0.05, 0) is 24.8 Å². The van der Waals surface area contributed by atoms with Crippen LogP contribution in [0.4, 0.5) is 0 Å². The summed E-state index contributed by atoms with van der Waals surface area (Å²) in [6, 6.07) is 1.81. The van der Waals surface area contributed by atoms with Crippen LogP contribution in [-0.4, -0.2) is 78.0 Å². The first-order valence-electron chi connectivity index (χ1n) is 9.20. The van der Waals surface area contributed by atoms with Gasteiger partial charge in [0.05, 0.1) is 18.5 Å². The van der Waals surface area contributed by atoms with Crippen LogP contribution >= 0.6 is 0 Å². The number of aryl methyl sites for hydroxylation is 1. The van der Waals surface area contributed by atoms with Gasteiger partial charge in [-0.25, -0.2) is 8.42 Å². The van der Waals surface area contributed by atoms with E-state index in [0.29, 0.717) is 51.4 Å². The molecule has 2 fully saturated rings. The predicted molar refractivity (Wildman–Crippen MR) is 97.5 cm³/mol. The average molecular weight is 385 g/mol. The maximum absolute atomic E-state index is 12.9. The second-order valence-electron chi connectivity index (χ2n) is 7.30. The van der Waals surface area contributed by atoms with Gasteiger partial charge < -0.3 is 9.64 Å². The normalized spacial score (nSPS) is 22.8. The highest BCUT2D eigenvalue weighted by Crippen LogP contribution is 2.23. The molecule has 0 aliphatic carbocycles. The summed E-state index contributed by atoms with van der Waals surface area (Å²) in [5.74, 6) is 0.0826. The van der Waals surface area contributed by atoms with Gasteiger partial charge in [0.25, 0.3) is 5.91 Å². The molecule has 3 rings (SSSR count). The molecule has 9 heteroatoms. The molecule has 0 aromatic carbocycles. The third-order valence-corrected chi connectivity index (χ3v) is 7.46. The Kier molecular flexibility index (Phi) is 5.69. The van der Waals surface area contributed by atoms with Crippen molar-refractivity contribution in [2.45, 2.75) is 37.9 Å². The van der Waals surface area contributed by atoms with Crippen molar-refractivity contribution in [3.8, 4) is 0 Å². The second kappa shape index (κ2) is 7.66. The SMILES string of the molecule is CC(C)c1cc(C(=O)N2CCCC(S(=O)(=O)N3CCOCC3)C2)nn1C. The number of piperidine rings is 1. The van der Waals surface area contributed by atoms with Crippen LogP contribution in [0.15, 0.2) is 6.07 Å². The number of hydrogen-bond donors (Lipinski definition) is 0. The van der Waals surface area contributed by atoms with Crippen LogP contribution in [0.1, 0.15) is 48.8 Å². The highest BCUT2D eigenvalue weighted by Gasteiger charge is 2.37. The van der Waals surface area contributed by atoms with E-state index in [0.717, 1.165) is 5.69 Å². The molecule has 0 radical (unpaired) electrons. The highest BCUT2D eigenvalue weighted by atomic mass is 32.2. The topological polar surface area (TPSA) is 84.7 Å². The van der Waals surface area contributed by atoms with E-state index in [1.165, 1.54) is 4.31 Å². The lowest BCUT2D eigenvalue weighted by atomic mass is 10.1. The Bertz CT molecular complexity index is 753. The van der Waals surface area contributed by atoms with Crippen molar-refractivity contribution in [1.29, 1.82) is 0 Å².